The lowest BCUT2D eigenvalue weighted by Gasteiger charge is -2.13. The number of thioether (sulfide) groups is 1. The first kappa shape index (κ1) is 17.3. The van der Waals surface area contributed by atoms with Crippen LogP contribution < -0.4 is 5.32 Å². The van der Waals surface area contributed by atoms with E-state index < -0.39 is 6.04 Å². The number of likely N-dealkylation sites (tertiary alicyclic amines) is 1. The van der Waals surface area contributed by atoms with Crippen molar-refractivity contribution in [1.82, 2.24) is 15.2 Å². The van der Waals surface area contributed by atoms with Crippen LogP contribution in [0.15, 0.2) is 5.03 Å². The molecule has 0 unspecified atom stereocenters. The fourth-order valence-corrected chi connectivity index (χ4v) is 3.37. The number of hydrogen-bond acceptors (Lipinski definition) is 5. The van der Waals surface area contributed by atoms with E-state index in [1.807, 2.05) is 20.8 Å². The standard InChI is InChI=1S/C16H20N4O2S/c1-9-10(2)12(7-17)15(18-11(9)3)23-8-14(21)19-13-5-6-20(4)16(13)22/h13H,5-6,8H2,1-4H3,(H,19,21)/t13-/m1/s1. The molecule has 0 radical (unpaired) electrons. The summed E-state index contributed by atoms with van der Waals surface area (Å²) >= 11 is 1.23. The normalized spacial score (nSPS) is 17.3. The molecule has 1 N–H and O–H groups in total. The molecule has 1 fully saturated rings. The van der Waals surface area contributed by atoms with Gasteiger partial charge in [-0.15, -0.1) is 0 Å². The monoisotopic (exact) mass is 332 g/mol. The van der Waals surface area contributed by atoms with E-state index in [1.54, 1.807) is 11.9 Å². The molecule has 0 aromatic carbocycles. The first-order valence-corrected chi connectivity index (χ1v) is 8.38. The average molecular weight is 332 g/mol. The Kier molecular flexibility index (Phi) is 5.26. The summed E-state index contributed by atoms with van der Waals surface area (Å²) in [6.45, 7) is 6.37. The Balaban J connectivity index is 2.03. The van der Waals surface area contributed by atoms with Gasteiger partial charge in [-0.05, 0) is 38.3 Å². The molecule has 7 heteroatoms. The summed E-state index contributed by atoms with van der Waals surface area (Å²) in [4.78, 5) is 29.9. The van der Waals surface area contributed by atoms with E-state index in [4.69, 9.17) is 0 Å². The number of carbonyl (C=O) groups is 2. The molecule has 122 valence electrons. The molecule has 0 saturated carbocycles. The molecule has 2 rings (SSSR count). The zero-order valence-electron chi connectivity index (χ0n) is 13.8. The van der Waals surface area contributed by atoms with Crippen LogP contribution in [0.5, 0.6) is 0 Å². The predicted octanol–water partition coefficient (Wildman–Crippen LogP) is 1.32. The number of aryl methyl sites for hydroxylation is 1. The fraction of sp³-hybridized carbons (Fsp3) is 0.500. The number of nitrogens with zero attached hydrogens (tertiary/aromatic N) is 3. The maximum absolute atomic E-state index is 12.0. The van der Waals surface area contributed by atoms with Gasteiger partial charge in [0, 0.05) is 19.3 Å². The summed E-state index contributed by atoms with van der Waals surface area (Å²) in [5.41, 5.74) is 3.27. The maximum atomic E-state index is 12.0. The van der Waals surface area contributed by atoms with Gasteiger partial charge in [-0.2, -0.15) is 5.26 Å². The van der Waals surface area contributed by atoms with Gasteiger partial charge in [0.2, 0.25) is 11.8 Å². The number of nitriles is 1. The topological polar surface area (TPSA) is 86.1 Å². The summed E-state index contributed by atoms with van der Waals surface area (Å²) in [5, 5.41) is 12.6. The molecule has 23 heavy (non-hydrogen) atoms. The summed E-state index contributed by atoms with van der Waals surface area (Å²) in [5.74, 6) is -0.136. The van der Waals surface area contributed by atoms with Crippen molar-refractivity contribution in [1.29, 1.82) is 5.26 Å². The Morgan fingerprint density at radius 2 is 2.13 bits per heavy atom. The molecule has 1 aliphatic heterocycles. The highest BCUT2D eigenvalue weighted by molar-refractivity contribution is 8.00. The van der Waals surface area contributed by atoms with Crippen molar-refractivity contribution in [3.8, 4) is 6.07 Å². The first-order chi connectivity index (χ1) is 10.8. The Morgan fingerprint density at radius 1 is 1.43 bits per heavy atom. The van der Waals surface area contributed by atoms with Crippen molar-refractivity contribution < 1.29 is 9.59 Å². The number of hydrogen-bond donors (Lipinski definition) is 1. The average Bonchev–Trinajstić information content (AvgIpc) is 2.82. The number of amides is 2. The van der Waals surface area contributed by atoms with Gasteiger partial charge in [0.15, 0.2) is 0 Å². The third-order valence-electron chi connectivity index (χ3n) is 4.18. The minimum absolute atomic E-state index is 0.0544. The molecule has 1 aromatic rings. The van der Waals surface area contributed by atoms with Gasteiger partial charge in [0.1, 0.15) is 17.1 Å². The second-order valence-electron chi connectivity index (χ2n) is 5.70. The fourth-order valence-electron chi connectivity index (χ4n) is 2.47. The SMILES string of the molecule is Cc1nc(SCC(=O)N[C@@H]2CCN(C)C2=O)c(C#N)c(C)c1C. The Hall–Kier alpha value is -2.07. The quantitative estimate of drug-likeness (QED) is 0.840. The molecule has 0 aliphatic carbocycles. The smallest absolute Gasteiger partial charge is 0.244 e. The van der Waals surface area contributed by atoms with Crippen LogP contribution in [0.4, 0.5) is 0 Å². The Bertz CT molecular complexity index is 696. The van der Waals surface area contributed by atoms with E-state index in [0.29, 0.717) is 23.6 Å². The van der Waals surface area contributed by atoms with Crippen LogP contribution in [0.1, 0.15) is 28.8 Å². The molecule has 1 aliphatic rings. The number of carbonyl (C=O) groups excluding carboxylic acids is 2. The molecule has 2 heterocycles. The van der Waals surface area contributed by atoms with Crippen LogP contribution in [0.3, 0.4) is 0 Å². The van der Waals surface area contributed by atoms with E-state index in [9.17, 15) is 14.9 Å². The number of nitrogens with one attached hydrogen (secondary N) is 1. The highest BCUT2D eigenvalue weighted by atomic mass is 32.2. The van der Waals surface area contributed by atoms with Gasteiger partial charge in [-0.3, -0.25) is 9.59 Å². The highest BCUT2D eigenvalue weighted by Gasteiger charge is 2.30. The Labute approximate surface area is 140 Å². The zero-order valence-corrected chi connectivity index (χ0v) is 14.6. The van der Waals surface area contributed by atoms with Gasteiger partial charge in [-0.25, -0.2) is 4.98 Å². The van der Waals surface area contributed by atoms with Gasteiger partial charge >= 0.3 is 0 Å². The number of likely N-dealkylation sites (N-methyl/N-ethyl adjacent to an activating group) is 1. The summed E-state index contributed by atoms with van der Waals surface area (Å²) in [6.07, 6.45) is 0.635. The van der Waals surface area contributed by atoms with Gasteiger partial charge < -0.3 is 10.2 Å². The summed E-state index contributed by atoms with van der Waals surface area (Å²) < 4.78 is 0. The molecule has 1 aromatic heterocycles. The second kappa shape index (κ2) is 7.01. The molecular weight excluding hydrogens is 312 g/mol. The first-order valence-electron chi connectivity index (χ1n) is 7.40. The minimum atomic E-state index is -0.432. The van der Waals surface area contributed by atoms with E-state index in [-0.39, 0.29) is 17.6 Å². The summed E-state index contributed by atoms with van der Waals surface area (Å²) in [6, 6.07) is 1.73. The van der Waals surface area contributed by atoms with Crippen molar-refractivity contribution in [2.75, 3.05) is 19.3 Å². The molecule has 2 amide bonds. The van der Waals surface area contributed by atoms with Crippen molar-refractivity contribution in [3.63, 3.8) is 0 Å². The van der Waals surface area contributed by atoms with E-state index in [0.717, 1.165) is 16.8 Å². The predicted molar refractivity (Wildman–Crippen MR) is 88.1 cm³/mol. The van der Waals surface area contributed by atoms with Crippen molar-refractivity contribution in [2.45, 2.75) is 38.3 Å². The Morgan fingerprint density at radius 3 is 2.70 bits per heavy atom. The zero-order chi connectivity index (χ0) is 17.1. The molecular formula is C16H20N4O2S. The lowest BCUT2D eigenvalue weighted by molar-refractivity contribution is -0.131. The van der Waals surface area contributed by atoms with Gasteiger partial charge in [-0.1, -0.05) is 11.8 Å². The van der Waals surface area contributed by atoms with Crippen LogP contribution in [0, 0.1) is 32.1 Å². The molecule has 1 saturated heterocycles. The van der Waals surface area contributed by atoms with E-state index in [1.165, 1.54) is 11.8 Å². The van der Waals surface area contributed by atoms with Crippen LogP contribution in [0.2, 0.25) is 0 Å². The van der Waals surface area contributed by atoms with Crippen molar-refractivity contribution in [2.24, 2.45) is 0 Å². The lowest BCUT2D eigenvalue weighted by atomic mass is 10.1. The molecule has 0 spiro atoms. The van der Waals surface area contributed by atoms with Crippen LogP contribution in [-0.4, -0.2) is 47.1 Å². The lowest BCUT2D eigenvalue weighted by Crippen LogP contribution is -2.41. The number of rotatable bonds is 4. The minimum Gasteiger partial charge on any atom is -0.344 e. The van der Waals surface area contributed by atoms with Gasteiger partial charge in [0.05, 0.1) is 11.3 Å². The number of aromatic nitrogens is 1. The van der Waals surface area contributed by atoms with E-state index in [2.05, 4.69) is 16.4 Å². The van der Waals surface area contributed by atoms with Crippen molar-refractivity contribution >= 4 is 23.6 Å². The molecule has 1 atom stereocenters. The summed E-state index contributed by atoms with van der Waals surface area (Å²) in [7, 11) is 1.73. The van der Waals surface area contributed by atoms with Crippen LogP contribution >= 0.6 is 11.8 Å². The molecule has 6 nitrogen and oxygen atoms in total. The van der Waals surface area contributed by atoms with Crippen LogP contribution in [0.25, 0.3) is 0 Å². The largest absolute Gasteiger partial charge is 0.344 e. The maximum Gasteiger partial charge on any atom is 0.244 e. The van der Waals surface area contributed by atoms with E-state index >= 15 is 0 Å². The highest BCUT2D eigenvalue weighted by Crippen LogP contribution is 2.26. The van der Waals surface area contributed by atoms with Crippen LogP contribution in [-0.2, 0) is 9.59 Å². The van der Waals surface area contributed by atoms with Gasteiger partial charge in [0.25, 0.3) is 0 Å². The third-order valence-corrected chi connectivity index (χ3v) is 5.15. The molecule has 0 bridgehead atoms. The third kappa shape index (κ3) is 3.64. The van der Waals surface area contributed by atoms with Crippen molar-refractivity contribution in [3.05, 3.63) is 22.4 Å². The second-order valence-corrected chi connectivity index (χ2v) is 6.66. The number of pyridine rings is 1.